The molecule has 1 heterocycles. The molecule has 0 aliphatic carbocycles. The fourth-order valence-corrected chi connectivity index (χ4v) is 2.92. The van der Waals surface area contributed by atoms with Gasteiger partial charge in [0.1, 0.15) is 0 Å². The van der Waals surface area contributed by atoms with Gasteiger partial charge in [0.15, 0.2) is 0 Å². The molecular formula is C15H23BO2S. The van der Waals surface area contributed by atoms with E-state index >= 15 is 0 Å². The third-order valence-corrected chi connectivity index (χ3v) is 5.18. The summed E-state index contributed by atoms with van der Waals surface area (Å²) in [6.07, 6.45) is 1.17. The Morgan fingerprint density at radius 2 is 1.63 bits per heavy atom. The first-order valence-corrected chi connectivity index (χ1v) is 7.93. The highest BCUT2D eigenvalue weighted by Crippen LogP contribution is 2.37. The van der Waals surface area contributed by atoms with Crippen LogP contribution in [-0.4, -0.2) is 24.1 Å². The van der Waals surface area contributed by atoms with Crippen LogP contribution in [0.5, 0.6) is 0 Å². The maximum atomic E-state index is 6.14. The summed E-state index contributed by atoms with van der Waals surface area (Å²) in [5.41, 5.74) is 0.597. The summed E-state index contributed by atoms with van der Waals surface area (Å²) in [6.45, 7) is 10.6. The van der Waals surface area contributed by atoms with Crippen molar-refractivity contribution in [3.8, 4) is 0 Å². The zero-order chi connectivity index (χ0) is 14.1. The molecule has 1 aliphatic heterocycles. The first kappa shape index (κ1) is 15.0. The van der Waals surface area contributed by atoms with Crippen molar-refractivity contribution in [3.63, 3.8) is 0 Å². The van der Waals surface area contributed by atoms with E-state index in [1.807, 2.05) is 11.8 Å². The molecule has 0 atom stereocenters. The van der Waals surface area contributed by atoms with Gasteiger partial charge >= 0.3 is 7.12 Å². The first-order valence-electron chi connectivity index (χ1n) is 6.95. The average molecular weight is 278 g/mol. The molecule has 0 amide bonds. The lowest BCUT2D eigenvalue weighted by Gasteiger charge is -2.32. The van der Waals surface area contributed by atoms with E-state index in [1.165, 1.54) is 11.3 Å². The van der Waals surface area contributed by atoms with Crippen LogP contribution < -0.4 is 5.46 Å². The molecule has 1 fully saturated rings. The fraction of sp³-hybridized carbons (Fsp3) is 0.600. The van der Waals surface area contributed by atoms with Crippen LogP contribution in [0.4, 0.5) is 0 Å². The Bertz CT molecular complexity index is 430. The minimum Gasteiger partial charge on any atom is -0.399 e. The van der Waals surface area contributed by atoms with Gasteiger partial charge in [-0.05, 0) is 51.4 Å². The quantitative estimate of drug-likeness (QED) is 0.620. The Kier molecular flexibility index (Phi) is 4.33. The van der Waals surface area contributed by atoms with Gasteiger partial charge in [0.2, 0.25) is 0 Å². The topological polar surface area (TPSA) is 18.5 Å². The van der Waals surface area contributed by atoms with Crippen LogP contribution in [0.25, 0.3) is 0 Å². The van der Waals surface area contributed by atoms with Gasteiger partial charge in [-0.1, -0.05) is 25.1 Å². The Balaban J connectivity index is 2.24. The SMILES string of the molecule is CCCSc1ccccc1B1OC(C)(C)C(C)(C)O1. The van der Waals surface area contributed by atoms with Crippen molar-refractivity contribution in [3.05, 3.63) is 24.3 Å². The van der Waals surface area contributed by atoms with Crippen LogP contribution >= 0.6 is 11.8 Å². The Hall–Kier alpha value is -0.445. The van der Waals surface area contributed by atoms with Gasteiger partial charge in [0.05, 0.1) is 11.2 Å². The summed E-state index contributed by atoms with van der Waals surface area (Å²) in [7, 11) is -0.259. The van der Waals surface area contributed by atoms with E-state index < -0.39 is 0 Å². The number of hydrogen-bond acceptors (Lipinski definition) is 3. The van der Waals surface area contributed by atoms with Crippen LogP contribution in [0.3, 0.4) is 0 Å². The molecule has 104 valence electrons. The van der Waals surface area contributed by atoms with Crippen molar-refractivity contribution in [2.75, 3.05) is 5.75 Å². The third kappa shape index (κ3) is 3.01. The van der Waals surface area contributed by atoms with E-state index in [0.29, 0.717) is 0 Å². The van der Waals surface area contributed by atoms with E-state index in [1.54, 1.807) is 0 Å². The molecule has 2 nitrogen and oxygen atoms in total. The summed E-state index contributed by atoms with van der Waals surface area (Å²) < 4.78 is 12.3. The van der Waals surface area contributed by atoms with Crippen molar-refractivity contribution < 1.29 is 9.31 Å². The molecular weight excluding hydrogens is 255 g/mol. The predicted molar refractivity (Wildman–Crippen MR) is 83.2 cm³/mol. The van der Waals surface area contributed by atoms with Gasteiger partial charge in [-0.25, -0.2) is 0 Å². The van der Waals surface area contributed by atoms with E-state index in [2.05, 4.69) is 58.9 Å². The minimum absolute atomic E-state index is 0.259. The highest BCUT2D eigenvalue weighted by Gasteiger charge is 2.52. The van der Waals surface area contributed by atoms with Crippen LogP contribution in [0.2, 0.25) is 0 Å². The molecule has 4 heteroatoms. The predicted octanol–water partition coefficient (Wildman–Crippen LogP) is 3.49. The lowest BCUT2D eigenvalue weighted by atomic mass is 9.79. The summed E-state index contributed by atoms with van der Waals surface area (Å²) in [5.74, 6) is 1.12. The minimum atomic E-state index is -0.278. The van der Waals surface area contributed by atoms with Crippen LogP contribution in [-0.2, 0) is 9.31 Å². The van der Waals surface area contributed by atoms with Crippen LogP contribution in [0.1, 0.15) is 41.0 Å². The smallest absolute Gasteiger partial charge is 0.399 e. The van der Waals surface area contributed by atoms with Crippen molar-refractivity contribution >= 4 is 24.3 Å². The second kappa shape index (κ2) is 5.51. The molecule has 0 saturated carbocycles. The average Bonchev–Trinajstić information content (AvgIpc) is 2.56. The molecule has 2 rings (SSSR count). The molecule has 0 N–H and O–H groups in total. The zero-order valence-corrected chi connectivity index (χ0v) is 13.3. The molecule has 1 saturated heterocycles. The second-order valence-corrected chi connectivity index (χ2v) is 7.11. The highest BCUT2D eigenvalue weighted by molar-refractivity contribution is 7.99. The maximum absolute atomic E-state index is 6.14. The van der Waals surface area contributed by atoms with Crippen molar-refractivity contribution in [1.29, 1.82) is 0 Å². The monoisotopic (exact) mass is 278 g/mol. The molecule has 1 aliphatic rings. The van der Waals surface area contributed by atoms with Gasteiger partial charge in [-0.2, -0.15) is 0 Å². The van der Waals surface area contributed by atoms with Crippen molar-refractivity contribution in [1.82, 2.24) is 0 Å². The molecule has 0 spiro atoms. The Morgan fingerprint density at radius 1 is 1.05 bits per heavy atom. The standard InChI is InChI=1S/C15H23BO2S/c1-6-11-19-13-10-8-7-9-12(13)16-17-14(2,3)15(4,5)18-16/h7-10H,6,11H2,1-5H3. The molecule has 0 bridgehead atoms. The van der Waals surface area contributed by atoms with E-state index in [0.717, 1.165) is 11.2 Å². The summed E-state index contributed by atoms with van der Waals surface area (Å²) in [6, 6.07) is 8.39. The number of thioether (sulfide) groups is 1. The number of benzene rings is 1. The van der Waals surface area contributed by atoms with Crippen LogP contribution in [0.15, 0.2) is 29.2 Å². The fourth-order valence-electron chi connectivity index (χ4n) is 1.99. The first-order chi connectivity index (χ1) is 8.87. The highest BCUT2D eigenvalue weighted by atomic mass is 32.2. The molecule has 0 unspecified atom stereocenters. The molecule has 0 aromatic heterocycles. The van der Waals surface area contributed by atoms with Gasteiger partial charge < -0.3 is 9.31 Å². The Morgan fingerprint density at radius 3 is 2.21 bits per heavy atom. The number of hydrogen-bond donors (Lipinski definition) is 0. The maximum Gasteiger partial charge on any atom is 0.495 e. The summed E-state index contributed by atoms with van der Waals surface area (Å²) in [4.78, 5) is 1.27. The lowest BCUT2D eigenvalue weighted by Crippen LogP contribution is -2.41. The number of rotatable bonds is 4. The van der Waals surface area contributed by atoms with E-state index in [4.69, 9.17) is 9.31 Å². The van der Waals surface area contributed by atoms with E-state index in [-0.39, 0.29) is 18.3 Å². The zero-order valence-electron chi connectivity index (χ0n) is 12.5. The van der Waals surface area contributed by atoms with E-state index in [9.17, 15) is 0 Å². The Labute approximate surface area is 121 Å². The third-order valence-electron chi connectivity index (χ3n) is 3.89. The molecule has 0 radical (unpaired) electrons. The second-order valence-electron chi connectivity index (χ2n) is 5.97. The largest absolute Gasteiger partial charge is 0.495 e. The molecule has 1 aromatic rings. The molecule has 19 heavy (non-hydrogen) atoms. The lowest BCUT2D eigenvalue weighted by molar-refractivity contribution is 0.00578. The van der Waals surface area contributed by atoms with Crippen LogP contribution in [0, 0.1) is 0 Å². The normalized spacial score (nSPS) is 20.8. The van der Waals surface area contributed by atoms with Crippen molar-refractivity contribution in [2.24, 2.45) is 0 Å². The molecule has 1 aromatic carbocycles. The van der Waals surface area contributed by atoms with Crippen molar-refractivity contribution in [2.45, 2.75) is 57.1 Å². The van der Waals surface area contributed by atoms with Gasteiger partial charge in [-0.3, -0.25) is 0 Å². The summed E-state index contributed by atoms with van der Waals surface area (Å²) >= 11 is 1.87. The van der Waals surface area contributed by atoms with Gasteiger partial charge in [0.25, 0.3) is 0 Å². The summed E-state index contributed by atoms with van der Waals surface area (Å²) in [5, 5.41) is 0. The van der Waals surface area contributed by atoms with Gasteiger partial charge in [0, 0.05) is 4.90 Å². The van der Waals surface area contributed by atoms with Gasteiger partial charge in [-0.15, -0.1) is 11.8 Å².